The van der Waals surface area contributed by atoms with Crippen LogP contribution in [0.25, 0.3) is 0 Å². The van der Waals surface area contributed by atoms with Gasteiger partial charge in [-0.15, -0.1) is 0 Å². The number of primary amides is 1. The van der Waals surface area contributed by atoms with Gasteiger partial charge >= 0.3 is 5.97 Å². The zero-order chi connectivity index (χ0) is 16.7. The lowest BCUT2D eigenvalue weighted by atomic mass is 10.1. The van der Waals surface area contributed by atoms with Gasteiger partial charge in [0, 0.05) is 6.04 Å². The van der Waals surface area contributed by atoms with E-state index in [1.807, 2.05) is 0 Å². The molecule has 0 aromatic heterocycles. The van der Waals surface area contributed by atoms with E-state index in [0.717, 1.165) is 11.8 Å². The van der Waals surface area contributed by atoms with Gasteiger partial charge in [-0.05, 0) is 44.0 Å². The number of sulfonamides is 1. The molecule has 120 valence electrons. The maximum absolute atomic E-state index is 12.0. The highest BCUT2D eigenvalue weighted by Gasteiger charge is 2.33. The number of carbonyl (C=O) groups is 2. The van der Waals surface area contributed by atoms with E-state index in [9.17, 15) is 18.0 Å². The summed E-state index contributed by atoms with van der Waals surface area (Å²) in [5.74, 6) is -1.40. The second-order valence-electron chi connectivity index (χ2n) is 5.41. The SMILES string of the molecule is CC(OC(=O)c1ccc2c(c1)CC(C)N2S(C)(=O)=O)C(N)=O. The maximum atomic E-state index is 12.0. The van der Waals surface area contributed by atoms with Gasteiger partial charge in [-0.25, -0.2) is 13.2 Å². The maximum Gasteiger partial charge on any atom is 0.338 e. The van der Waals surface area contributed by atoms with Crippen LogP contribution in [-0.2, 0) is 26.0 Å². The molecule has 0 saturated carbocycles. The van der Waals surface area contributed by atoms with Crippen LogP contribution >= 0.6 is 0 Å². The van der Waals surface area contributed by atoms with E-state index in [-0.39, 0.29) is 11.6 Å². The highest BCUT2D eigenvalue weighted by Crippen LogP contribution is 2.34. The van der Waals surface area contributed by atoms with E-state index >= 15 is 0 Å². The number of nitrogens with two attached hydrogens (primary N) is 1. The Morgan fingerprint density at radius 3 is 2.59 bits per heavy atom. The summed E-state index contributed by atoms with van der Waals surface area (Å²) < 4.78 is 29.9. The van der Waals surface area contributed by atoms with Gasteiger partial charge in [-0.3, -0.25) is 9.10 Å². The third-order valence-corrected chi connectivity index (χ3v) is 4.78. The van der Waals surface area contributed by atoms with Crippen molar-refractivity contribution in [3.05, 3.63) is 29.3 Å². The summed E-state index contributed by atoms with van der Waals surface area (Å²) in [5.41, 5.74) is 6.62. The molecule has 2 N–H and O–H groups in total. The van der Waals surface area contributed by atoms with Crippen LogP contribution in [0.1, 0.15) is 29.8 Å². The standard InChI is InChI=1S/C14H18N2O5S/c1-8-6-11-7-10(14(18)21-9(2)13(15)17)4-5-12(11)16(8)22(3,19)20/h4-5,7-9H,6H2,1-3H3,(H2,15,17). The Labute approximate surface area is 129 Å². The normalized spacial score (nSPS) is 18.7. The van der Waals surface area contributed by atoms with E-state index < -0.39 is 28.0 Å². The van der Waals surface area contributed by atoms with E-state index in [4.69, 9.17) is 10.5 Å². The molecule has 22 heavy (non-hydrogen) atoms. The Balaban J connectivity index is 2.29. The molecule has 1 aromatic rings. The number of fused-ring (bicyclic) bond motifs is 1. The molecule has 0 fully saturated rings. The van der Waals surface area contributed by atoms with Crippen molar-refractivity contribution in [2.45, 2.75) is 32.4 Å². The fraction of sp³-hybridized carbons (Fsp3) is 0.429. The first-order valence-corrected chi connectivity index (χ1v) is 8.58. The Hall–Kier alpha value is -2.09. The molecule has 0 radical (unpaired) electrons. The van der Waals surface area contributed by atoms with E-state index in [1.165, 1.54) is 17.3 Å². The predicted octanol–water partition coefficient (Wildman–Crippen LogP) is 0.428. The number of benzene rings is 1. The summed E-state index contributed by atoms with van der Waals surface area (Å²) in [4.78, 5) is 22.9. The van der Waals surface area contributed by atoms with Crippen molar-refractivity contribution in [1.82, 2.24) is 0 Å². The second kappa shape index (κ2) is 5.60. The Bertz CT molecular complexity index is 729. The first-order chi connectivity index (χ1) is 10.1. The number of rotatable bonds is 4. The summed E-state index contributed by atoms with van der Waals surface area (Å²) >= 11 is 0. The molecule has 1 aliphatic heterocycles. The fourth-order valence-corrected chi connectivity index (χ4v) is 3.79. The van der Waals surface area contributed by atoms with Crippen molar-refractivity contribution in [3.63, 3.8) is 0 Å². The highest BCUT2D eigenvalue weighted by molar-refractivity contribution is 7.92. The molecular weight excluding hydrogens is 308 g/mol. The molecule has 7 nitrogen and oxygen atoms in total. The van der Waals surface area contributed by atoms with E-state index in [2.05, 4.69) is 0 Å². The summed E-state index contributed by atoms with van der Waals surface area (Å²) in [6.45, 7) is 3.19. The third kappa shape index (κ3) is 3.06. The smallest absolute Gasteiger partial charge is 0.338 e. The number of nitrogens with zero attached hydrogens (tertiary/aromatic N) is 1. The first kappa shape index (κ1) is 16.3. The first-order valence-electron chi connectivity index (χ1n) is 6.74. The molecule has 1 heterocycles. The number of carbonyl (C=O) groups excluding carboxylic acids is 2. The zero-order valence-corrected chi connectivity index (χ0v) is 13.4. The van der Waals surface area contributed by atoms with Crippen LogP contribution in [0.3, 0.4) is 0 Å². The van der Waals surface area contributed by atoms with Crippen molar-refractivity contribution in [2.24, 2.45) is 5.73 Å². The number of ether oxygens (including phenoxy) is 1. The van der Waals surface area contributed by atoms with Gasteiger partial charge in [0.25, 0.3) is 5.91 Å². The van der Waals surface area contributed by atoms with Gasteiger partial charge in [0.2, 0.25) is 10.0 Å². The highest BCUT2D eigenvalue weighted by atomic mass is 32.2. The van der Waals surface area contributed by atoms with Crippen LogP contribution in [0, 0.1) is 0 Å². The van der Waals surface area contributed by atoms with Crippen molar-refractivity contribution in [1.29, 1.82) is 0 Å². The van der Waals surface area contributed by atoms with Gasteiger partial charge in [-0.2, -0.15) is 0 Å². The molecule has 2 unspecified atom stereocenters. The molecule has 1 aromatic carbocycles. The quantitative estimate of drug-likeness (QED) is 0.807. The average molecular weight is 326 g/mol. The predicted molar refractivity (Wildman–Crippen MR) is 81.0 cm³/mol. The number of hydrogen-bond donors (Lipinski definition) is 1. The second-order valence-corrected chi connectivity index (χ2v) is 7.26. The van der Waals surface area contributed by atoms with Crippen molar-refractivity contribution >= 4 is 27.6 Å². The molecule has 1 aliphatic rings. The number of anilines is 1. The summed E-state index contributed by atoms with van der Waals surface area (Å²) in [5, 5.41) is 0. The van der Waals surface area contributed by atoms with Gasteiger partial charge < -0.3 is 10.5 Å². The van der Waals surface area contributed by atoms with E-state index in [0.29, 0.717) is 12.1 Å². The largest absolute Gasteiger partial charge is 0.449 e. The van der Waals surface area contributed by atoms with Gasteiger partial charge in [0.05, 0.1) is 17.5 Å². The zero-order valence-electron chi connectivity index (χ0n) is 12.6. The molecule has 0 spiro atoms. The van der Waals surface area contributed by atoms with Crippen LogP contribution in [0.5, 0.6) is 0 Å². The fourth-order valence-electron chi connectivity index (χ4n) is 2.52. The molecule has 0 bridgehead atoms. The number of hydrogen-bond acceptors (Lipinski definition) is 5. The number of amides is 1. The van der Waals surface area contributed by atoms with Crippen LogP contribution in [0.4, 0.5) is 5.69 Å². The van der Waals surface area contributed by atoms with Crippen molar-refractivity contribution in [3.8, 4) is 0 Å². The van der Waals surface area contributed by atoms with Crippen LogP contribution in [0.15, 0.2) is 18.2 Å². The van der Waals surface area contributed by atoms with Gasteiger partial charge in [0.1, 0.15) is 0 Å². The third-order valence-electron chi connectivity index (χ3n) is 3.51. The van der Waals surface area contributed by atoms with Gasteiger partial charge in [-0.1, -0.05) is 0 Å². The summed E-state index contributed by atoms with van der Waals surface area (Å²) in [6, 6.07) is 4.43. The molecule has 2 atom stereocenters. The minimum absolute atomic E-state index is 0.208. The molecule has 8 heteroatoms. The van der Waals surface area contributed by atoms with Crippen LogP contribution in [0.2, 0.25) is 0 Å². The molecule has 1 amide bonds. The van der Waals surface area contributed by atoms with Crippen molar-refractivity contribution in [2.75, 3.05) is 10.6 Å². The Morgan fingerprint density at radius 1 is 1.41 bits per heavy atom. The summed E-state index contributed by atoms with van der Waals surface area (Å²) in [6.07, 6.45) is 0.636. The lowest BCUT2D eigenvalue weighted by molar-refractivity contribution is -0.125. The number of esters is 1. The van der Waals surface area contributed by atoms with Crippen LogP contribution in [-0.4, -0.2) is 38.7 Å². The Morgan fingerprint density at radius 2 is 2.05 bits per heavy atom. The van der Waals surface area contributed by atoms with Crippen molar-refractivity contribution < 1.29 is 22.7 Å². The van der Waals surface area contributed by atoms with Crippen LogP contribution < -0.4 is 10.0 Å². The summed E-state index contributed by atoms with van der Waals surface area (Å²) in [7, 11) is -3.37. The molecule has 2 rings (SSSR count). The minimum atomic E-state index is -3.37. The average Bonchev–Trinajstić information content (AvgIpc) is 2.72. The Kier molecular flexibility index (Phi) is 4.15. The topological polar surface area (TPSA) is 107 Å². The minimum Gasteiger partial charge on any atom is -0.449 e. The monoisotopic (exact) mass is 326 g/mol. The molecule has 0 saturated heterocycles. The lowest BCUT2D eigenvalue weighted by Crippen LogP contribution is -2.34. The van der Waals surface area contributed by atoms with E-state index in [1.54, 1.807) is 19.1 Å². The van der Waals surface area contributed by atoms with Gasteiger partial charge in [0.15, 0.2) is 6.10 Å². The lowest BCUT2D eigenvalue weighted by Gasteiger charge is -2.21. The molecular formula is C14H18N2O5S. The molecule has 0 aliphatic carbocycles.